The van der Waals surface area contributed by atoms with Gasteiger partial charge in [-0.25, -0.2) is 0 Å². The number of hydrogen-bond donors (Lipinski definition) is 1. The van der Waals surface area contributed by atoms with Crippen LogP contribution >= 0.6 is 0 Å². The molecule has 9 aromatic rings. The number of hydrogen-bond acceptors (Lipinski definition) is 2. The maximum Gasteiger partial charge on any atom is 0.0729 e. The maximum absolute atomic E-state index is 9.36. The lowest BCUT2D eigenvalue weighted by Gasteiger charge is -2.22. The van der Waals surface area contributed by atoms with Gasteiger partial charge in [0.05, 0.1) is 11.4 Å². The normalized spacial score (nSPS) is 13.3. The molecule has 0 saturated heterocycles. The van der Waals surface area contributed by atoms with Crippen LogP contribution in [0.2, 0.25) is 0 Å². The standard InChI is InChI=1S/C55H40N2/c1-55(2)51-33-41(26-27-47(51)50-31-39-17-6-7-18-40(39)32-52(50)55)38-20-12-21-42(30-38)44-28-29-49(46-24-11-10-23-45(44)46)54(57-35-36-14-4-3-5-15-36)34-53(56)48-25-13-19-37-16-8-9-22-43(37)48/h3-35,56H,1-2H3/b54-34-,56-53?,57-35?. The summed E-state index contributed by atoms with van der Waals surface area (Å²) in [6.07, 6.45) is 3.81. The van der Waals surface area contributed by atoms with E-state index in [1.165, 1.54) is 44.2 Å². The molecular formula is C55H40N2. The fourth-order valence-corrected chi connectivity index (χ4v) is 8.78. The summed E-state index contributed by atoms with van der Waals surface area (Å²) in [6.45, 7) is 4.72. The third-order valence-corrected chi connectivity index (χ3v) is 11.8. The molecule has 0 spiro atoms. The highest BCUT2D eigenvalue weighted by molar-refractivity contribution is 6.18. The molecule has 270 valence electrons. The zero-order valence-electron chi connectivity index (χ0n) is 32.0. The van der Waals surface area contributed by atoms with Crippen molar-refractivity contribution in [1.29, 1.82) is 5.41 Å². The number of allylic oxidation sites excluding steroid dienone is 1. The van der Waals surface area contributed by atoms with E-state index < -0.39 is 0 Å². The van der Waals surface area contributed by atoms with E-state index >= 15 is 0 Å². The molecule has 57 heavy (non-hydrogen) atoms. The van der Waals surface area contributed by atoms with Crippen molar-refractivity contribution in [2.24, 2.45) is 4.99 Å². The SMILES string of the molecule is CC1(C)c2cc(-c3cccc(-c4ccc(/C(=C/C(=N)c5cccc6ccccc56)N=Cc5ccccc5)c5ccccc45)c3)ccc2-c2cc3ccccc3cc21. The van der Waals surface area contributed by atoms with Crippen LogP contribution in [0.15, 0.2) is 199 Å². The fourth-order valence-electron chi connectivity index (χ4n) is 8.78. The monoisotopic (exact) mass is 728 g/mol. The van der Waals surface area contributed by atoms with Crippen LogP contribution < -0.4 is 0 Å². The zero-order valence-corrected chi connectivity index (χ0v) is 32.0. The molecule has 1 aliphatic carbocycles. The van der Waals surface area contributed by atoms with Crippen LogP contribution in [0.25, 0.3) is 71.4 Å². The molecule has 0 saturated carbocycles. The summed E-state index contributed by atoms with van der Waals surface area (Å²) >= 11 is 0. The molecule has 0 amide bonds. The quantitative estimate of drug-likeness (QED) is 0.159. The first-order chi connectivity index (χ1) is 27.9. The Kier molecular flexibility index (Phi) is 8.34. The molecule has 0 aliphatic heterocycles. The highest BCUT2D eigenvalue weighted by Gasteiger charge is 2.36. The summed E-state index contributed by atoms with van der Waals surface area (Å²) in [5.41, 5.74) is 14.1. The van der Waals surface area contributed by atoms with Crippen LogP contribution in [0, 0.1) is 5.41 Å². The molecule has 1 N–H and O–H groups in total. The summed E-state index contributed by atoms with van der Waals surface area (Å²) in [5, 5.41) is 16.3. The van der Waals surface area contributed by atoms with Crippen molar-refractivity contribution in [1.82, 2.24) is 0 Å². The van der Waals surface area contributed by atoms with Gasteiger partial charge in [0, 0.05) is 22.8 Å². The van der Waals surface area contributed by atoms with Crippen LogP contribution in [-0.2, 0) is 5.41 Å². The third kappa shape index (κ3) is 6.07. The van der Waals surface area contributed by atoms with Gasteiger partial charge in [0.2, 0.25) is 0 Å². The van der Waals surface area contributed by atoms with Crippen LogP contribution in [0.3, 0.4) is 0 Å². The number of fused-ring (bicyclic) bond motifs is 6. The molecule has 0 radical (unpaired) electrons. The summed E-state index contributed by atoms with van der Waals surface area (Å²) in [6, 6.07) is 66.9. The van der Waals surface area contributed by atoms with Crippen LogP contribution in [0.5, 0.6) is 0 Å². The number of benzene rings is 9. The molecule has 0 fully saturated rings. The first kappa shape index (κ1) is 34.3. The minimum absolute atomic E-state index is 0.105. The van der Waals surface area contributed by atoms with E-state index in [4.69, 9.17) is 4.99 Å². The number of aliphatic imine (C=N–C) groups is 1. The second-order valence-corrected chi connectivity index (χ2v) is 15.6. The summed E-state index contributed by atoms with van der Waals surface area (Å²) in [5.74, 6) is 0. The lowest BCUT2D eigenvalue weighted by Crippen LogP contribution is -2.15. The Morgan fingerprint density at radius 1 is 0.456 bits per heavy atom. The first-order valence-electron chi connectivity index (χ1n) is 19.6. The Morgan fingerprint density at radius 3 is 1.89 bits per heavy atom. The molecule has 0 aromatic heterocycles. The molecule has 2 heteroatoms. The van der Waals surface area contributed by atoms with Crippen molar-refractivity contribution in [3.05, 3.63) is 222 Å². The van der Waals surface area contributed by atoms with Gasteiger partial charge in [-0.15, -0.1) is 0 Å². The van der Waals surface area contributed by atoms with E-state index in [0.717, 1.165) is 55.1 Å². The fraction of sp³-hybridized carbons (Fsp3) is 0.0545. The van der Waals surface area contributed by atoms with Gasteiger partial charge in [0.25, 0.3) is 0 Å². The van der Waals surface area contributed by atoms with E-state index in [-0.39, 0.29) is 5.41 Å². The van der Waals surface area contributed by atoms with Crippen molar-refractivity contribution < 1.29 is 0 Å². The van der Waals surface area contributed by atoms with Crippen molar-refractivity contribution in [2.75, 3.05) is 0 Å². The van der Waals surface area contributed by atoms with Crippen molar-refractivity contribution >= 4 is 49.9 Å². The summed E-state index contributed by atoms with van der Waals surface area (Å²) in [7, 11) is 0. The molecule has 0 bridgehead atoms. The van der Waals surface area contributed by atoms with Crippen LogP contribution in [0.4, 0.5) is 0 Å². The highest BCUT2D eigenvalue weighted by Crippen LogP contribution is 2.51. The maximum atomic E-state index is 9.36. The van der Waals surface area contributed by atoms with E-state index in [1.54, 1.807) is 0 Å². The Hall–Kier alpha value is -7.16. The molecule has 9 aromatic carbocycles. The lowest BCUT2D eigenvalue weighted by molar-refractivity contribution is 0.661. The van der Waals surface area contributed by atoms with Crippen molar-refractivity contribution in [2.45, 2.75) is 19.3 Å². The van der Waals surface area contributed by atoms with E-state index in [9.17, 15) is 5.41 Å². The molecule has 2 nitrogen and oxygen atoms in total. The third-order valence-electron chi connectivity index (χ3n) is 11.8. The van der Waals surface area contributed by atoms with Gasteiger partial charge < -0.3 is 5.41 Å². The zero-order chi connectivity index (χ0) is 38.5. The first-order valence-corrected chi connectivity index (χ1v) is 19.6. The van der Waals surface area contributed by atoms with Gasteiger partial charge in [-0.3, -0.25) is 4.99 Å². The van der Waals surface area contributed by atoms with Gasteiger partial charge in [-0.2, -0.15) is 0 Å². The smallest absolute Gasteiger partial charge is 0.0729 e. The van der Waals surface area contributed by atoms with Gasteiger partial charge in [-0.05, 0) is 113 Å². The molecule has 0 heterocycles. The molecular weight excluding hydrogens is 689 g/mol. The van der Waals surface area contributed by atoms with Crippen LogP contribution in [0.1, 0.15) is 41.7 Å². The topological polar surface area (TPSA) is 36.2 Å². The van der Waals surface area contributed by atoms with Gasteiger partial charge in [-0.1, -0.05) is 178 Å². The van der Waals surface area contributed by atoms with Crippen LogP contribution in [-0.4, -0.2) is 11.9 Å². The van der Waals surface area contributed by atoms with E-state index in [2.05, 4.69) is 147 Å². The predicted molar refractivity (Wildman–Crippen MR) is 243 cm³/mol. The second-order valence-electron chi connectivity index (χ2n) is 15.6. The van der Waals surface area contributed by atoms with E-state index in [1.807, 2.05) is 66.9 Å². The second kappa shape index (κ2) is 13.8. The lowest BCUT2D eigenvalue weighted by atomic mass is 9.81. The van der Waals surface area contributed by atoms with Gasteiger partial charge >= 0.3 is 0 Å². The predicted octanol–water partition coefficient (Wildman–Crippen LogP) is 14.3. The molecule has 1 aliphatic rings. The number of rotatable bonds is 7. The van der Waals surface area contributed by atoms with Crippen molar-refractivity contribution in [3.8, 4) is 33.4 Å². The Morgan fingerprint density at radius 2 is 1.07 bits per heavy atom. The Balaban J connectivity index is 1.06. The molecule has 10 rings (SSSR count). The minimum atomic E-state index is -0.105. The Labute approximate surface area is 333 Å². The molecule has 0 unspecified atom stereocenters. The van der Waals surface area contributed by atoms with Crippen molar-refractivity contribution in [3.63, 3.8) is 0 Å². The number of nitrogens with one attached hydrogen (secondary N) is 1. The highest BCUT2D eigenvalue weighted by atomic mass is 14.7. The van der Waals surface area contributed by atoms with Gasteiger partial charge in [0.15, 0.2) is 0 Å². The number of nitrogens with zero attached hydrogens (tertiary/aromatic N) is 1. The average Bonchev–Trinajstić information content (AvgIpc) is 3.48. The molecule has 0 atom stereocenters. The average molecular weight is 729 g/mol. The summed E-state index contributed by atoms with van der Waals surface area (Å²) in [4.78, 5) is 5.08. The summed E-state index contributed by atoms with van der Waals surface area (Å²) < 4.78 is 0. The largest absolute Gasteiger partial charge is 0.300 e. The minimum Gasteiger partial charge on any atom is -0.300 e. The van der Waals surface area contributed by atoms with E-state index in [0.29, 0.717) is 5.71 Å². The Bertz CT molecular complexity index is 3100. The van der Waals surface area contributed by atoms with Gasteiger partial charge in [0.1, 0.15) is 0 Å².